The van der Waals surface area contributed by atoms with E-state index in [4.69, 9.17) is 9.47 Å². The molecule has 0 spiro atoms. The number of rotatable bonds is 11. The van der Waals surface area contributed by atoms with Gasteiger partial charge in [0.15, 0.2) is 5.96 Å². The molecule has 0 atom stereocenters. The summed E-state index contributed by atoms with van der Waals surface area (Å²) in [5.74, 6) is 1.71. The highest BCUT2D eigenvalue weighted by atomic mass is 127. The van der Waals surface area contributed by atoms with Crippen molar-refractivity contribution in [1.82, 2.24) is 10.6 Å². The monoisotopic (exact) mass is 512 g/mol. The Kier molecular flexibility index (Phi) is 12.9. The van der Waals surface area contributed by atoms with Crippen LogP contribution in [0.5, 0.6) is 5.75 Å². The molecule has 0 radical (unpaired) electrons. The first-order valence-electron chi connectivity index (χ1n) is 9.72. The number of benzene rings is 2. The second-order valence-electron chi connectivity index (χ2n) is 6.34. The van der Waals surface area contributed by atoms with Crippen LogP contribution in [0.4, 0.5) is 5.69 Å². The summed E-state index contributed by atoms with van der Waals surface area (Å²) in [5.41, 5.74) is 3.53. The Hall–Kier alpha value is -2.00. The van der Waals surface area contributed by atoms with Crippen molar-refractivity contribution in [3.05, 3.63) is 59.7 Å². The molecule has 0 unspecified atom stereocenters. The van der Waals surface area contributed by atoms with Crippen LogP contribution in [-0.2, 0) is 17.7 Å². The predicted molar refractivity (Wildman–Crippen MR) is 132 cm³/mol. The van der Waals surface area contributed by atoms with E-state index in [0.29, 0.717) is 13.2 Å². The number of guanidine groups is 1. The van der Waals surface area contributed by atoms with Crippen LogP contribution in [0, 0.1) is 0 Å². The van der Waals surface area contributed by atoms with E-state index in [-0.39, 0.29) is 24.0 Å². The van der Waals surface area contributed by atoms with E-state index in [1.807, 2.05) is 12.1 Å². The van der Waals surface area contributed by atoms with Gasteiger partial charge in [-0.3, -0.25) is 0 Å². The first kappa shape index (κ1) is 25.0. The lowest BCUT2D eigenvalue weighted by Gasteiger charge is -2.12. The Bertz CT molecular complexity index is 706. The van der Waals surface area contributed by atoms with Crippen molar-refractivity contribution in [3.8, 4) is 5.75 Å². The highest BCUT2D eigenvalue weighted by Gasteiger charge is 2.00. The molecule has 0 saturated carbocycles. The van der Waals surface area contributed by atoms with E-state index < -0.39 is 0 Å². The largest absolute Gasteiger partial charge is 0.497 e. The third kappa shape index (κ3) is 9.85. The van der Waals surface area contributed by atoms with E-state index in [2.05, 4.69) is 64.3 Å². The SMILES string of the molecule is CCNC(=NCc1ccc(NCCOC)cc1)NCCc1ccc(OC)cc1.I. The maximum absolute atomic E-state index is 5.20. The summed E-state index contributed by atoms with van der Waals surface area (Å²) < 4.78 is 10.2. The number of nitrogens with one attached hydrogen (secondary N) is 3. The molecule has 7 heteroatoms. The number of hydrogen-bond acceptors (Lipinski definition) is 4. The molecule has 160 valence electrons. The van der Waals surface area contributed by atoms with Crippen molar-refractivity contribution >= 4 is 35.6 Å². The van der Waals surface area contributed by atoms with Crippen LogP contribution in [0.25, 0.3) is 0 Å². The van der Waals surface area contributed by atoms with Gasteiger partial charge in [0.05, 0.1) is 20.3 Å². The Morgan fingerprint density at radius 3 is 2.21 bits per heavy atom. The second-order valence-corrected chi connectivity index (χ2v) is 6.34. The maximum atomic E-state index is 5.20. The van der Waals surface area contributed by atoms with Gasteiger partial charge in [-0.2, -0.15) is 0 Å². The van der Waals surface area contributed by atoms with Crippen molar-refractivity contribution in [2.24, 2.45) is 4.99 Å². The standard InChI is InChI=1S/C22H32N4O2.HI/c1-4-23-22(25-14-13-18-7-11-21(28-3)12-8-18)26-17-19-5-9-20(10-6-19)24-15-16-27-2;/h5-12,24H,4,13-17H2,1-3H3,(H2,23,25,26);1H. The lowest BCUT2D eigenvalue weighted by Crippen LogP contribution is -2.38. The van der Waals surface area contributed by atoms with Gasteiger partial charge in [0.1, 0.15) is 5.75 Å². The van der Waals surface area contributed by atoms with E-state index >= 15 is 0 Å². The summed E-state index contributed by atoms with van der Waals surface area (Å²) in [6.45, 7) is 5.85. The Morgan fingerprint density at radius 2 is 1.59 bits per heavy atom. The first-order chi connectivity index (χ1) is 13.7. The minimum absolute atomic E-state index is 0. The van der Waals surface area contributed by atoms with Gasteiger partial charge < -0.3 is 25.4 Å². The van der Waals surface area contributed by atoms with Gasteiger partial charge in [-0.15, -0.1) is 24.0 Å². The van der Waals surface area contributed by atoms with Gasteiger partial charge in [-0.1, -0.05) is 24.3 Å². The number of ether oxygens (including phenoxy) is 2. The van der Waals surface area contributed by atoms with Crippen LogP contribution in [0.1, 0.15) is 18.1 Å². The molecule has 0 fully saturated rings. The van der Waals surface area contributed by atoms with Crippen LogP contribution in [-0.4, -0.2) is 46.4 Å². The molecule has 0 heterocycles. The molecular weight excluding hydrogens is 479 g/mol. The van der Waals surface area contributed by atoms with E-state index in [0.717, 1.165) is 43.5 Å². The lowest BCUT2D eigenvalue weighted by molar-refractivity contribution is 0.211. The van der Waals surface area contributed by atoms with Gasteiger partial charge in [-0.05, 0) is 48.7 Å². The molecule has 6 nitrogen and oxygen atoms in total. The summed E-state index contributed by atoms with van der Waals surface area (Å²) in [6.07, 6.45) is 0.927. The second kappa shape index (κ2) is 14.9. The normalized spacial score (nSPS) is 10.8. The molecule has 0 saturated heterocycles. The molecular formula is C22H33IN4O2. The van der Waals surface area contributed by atoms with Crippen molar-refractivity contribution in [2.75, 3.05) is 45.8 Å². The number of methoxy groups -OCH3 is 2. The Balaban J connectivity index is 0.00000420. The van der Waals surface area contributed by atoms with Gasteiger partial charge in [-0.25, -0.2) is 4.99 Å². The average Bonchev–Trinajstić information content (AvgIpc) is 2.73. The van der Waals surface area contributed by atoms with Crippen LogP contribution >= 0.6 is 24.0 Å². The fraction of sp³-hybridized carbons (Fsp3) is 0.409. The fourth-order valence-corrected chi connectivity index (χ4v) is 2.65. The van der Waals surface area contributed by atoms with Crippen molar-refractivity contribution in [3.63, 3.8) is 0 Å². The number of aliphatic imine (C=N–C) groups is 1. The van der Waals surface area contributed by atoms with Crippen LogP contribution in [0.15, 0.2) is 53.5 Å². The smallest absolute Gasteiger partial charge is 0.191 e. The number of nitrogens with zero attached hydrogens (tertiary/aromatic N) is 1. The van der Waals surface area contributed by atoms with E-state index in [9.17, 15) is 0 Å². The van der Waals surface area contributed by atoms with Gasteiger partial charge in [0.25, 0.3) is 0 Å². The minimum atomic E-state index is 0. The molecule has 2 aromatic carbocycles. The summed E-state index contributed by atoms with van der Waals surface area (Å²) in [7, 11) is 3.39. The molecule has 0 aromatic heterocycles. The van der Waals surface area contributed by atoms with Crippen LogP contribution in [0.2, 0.25) is 0 Å². The zero-order valence-corrected chi connectivity index (χ0v) is 19.9. The fourth-order valence-electron chi connectivity index (χ4n) is 2.65. The summed E-state index contributed by atoms with van der Waals surface area (Å²) in [4.78, 5) is 4.68. The molecule has 0 amide bonds. The highest BCUT2D eigenvalue weighted by Crippen LogP contribution is 2.12. The third-order valence-corrected chi connectivity index (χ3v) is 4.22. The Labute approximate surface area is 191 Å². The molecule has 0 bridgehead atoms. The van der Waals surface area contributed by atoms with Gasteiger partial charge >= 0.3 is 0 Å². The molecule has 2 aromatic rings. The molecule has 3 N–H and O–H groups in total. The van der Waals surface area contributed by atoms with Crippen molar-refractivity contribution < 1.29 is 9.47 Å². The molecule has 0 aliphatic carbocycles. The quantitative estimate of drug-likeness (QED) is 0.186. The summed E-state index contributed by atoms with van der Waals surface area (Å²) in [5, 5.41) is 10.0. The van der Waals surface area contributed by atoms with Crippen LogP contribution in [0.3, 0.4) is 0 Å². The number of hydrogen-bond donors (Lipinski definition) is 3. The maximum Gasteiger partial charge on any atom is 0.191 e. The third-order valence-electron chi connectivity index (χ3n) is 4.22. The predicted octanol–water partition coefficient (Wildman–Crippen LogP) is 3.67. The number of halogens is 1. The van der Waals surface area contributed by atoms with Crippen molar-refractivity contribution in [2.45, 2.75) is 19.9 Å². The average molecular weight is 512 g/mol. The highest BCUT2D eigenvalue weighted by molar-refractivity contribution is 14.0. The summed E-state index contributed by atoms with van der Waals surface area (Å²) >= 11 is 0. The van der Waals surface area contributed by atoms with E-state index in [1.165, 1.54) is 11.1 Å². The lowest BCUT2D eigenvalue weighted by atomic mass is 10.1. The minimum Gasteiger partial charge on any atom is -0.497 e. The van der Waals surface area contributed by atoms with E-state index in [1.54, 1.807) is 14.2 Å². The first-order valence-corrected chi connectivity index (χ1v) is 9.72. The molecule has 29 heavy (non-hydrogen) atoms. The molecule has 2 rings (SSSR count). The summed E-state index contributed by atoms with van der Waals surface area (Å²) in [6, 6.07) is 16.5. The van der Waals surface area contributed by atoms with Gasteiger partial charge in [0, 0.05) is 32.4 Å². The zero-order chi connectivity index (χ0) is 20.0. The Morgan fingerprint density at radius 1 is 0.897 bits per heavy atom. The molecule has 0 aliphatic rings. The topological polar surface area (TPSA) is 66.9 Å². The molecule has 0 aliphatic heterocycles. The van der Waals surface area contributed by atoms with Crippen LogP contribution < -0.4 is 20.7 Å². The van der Waals surface area contributed by atoms with Crippen molar-refractivity contribution in [1.29, 1.82) is 0 Å². The zero-order valence-electron chi connectivity index (χ0n) is 17.5. The van der Waals surface area contributed by atoms with Gasteiger partial charge in [0.2, 0.25) is 0 Å². The number of anilines is 1.